The van der Waals surface area contributed by atoms with Crippen molar-refractivity contribution in [2.75, 3.05) is 13.1 Å². The Morgan fingerprint density at radius 2 is 1.93 bits per heavy atom. The molecule has 1 N–H and O–H groups in total. The van der Waals surface area contributed by atoms with Gasteiger partial charge in [0, 0.05) is 24.2 Å². The van der Waals surface area contributed by atoms with Crippen molar-refractivity contribution >= 4 is 54.6 Å². The van der Waals surface area contributed by atoms with Crippen LogP contribution in [0.25, 0.3) is 0 Å². The van der Waals surface area contributed by atoms with E-state index >= 15 is 0 Å². The molecule has 29 heavy (non-hydrogen) atoms. The van der Waals surface area contributed by atoms with Crippen LogP contribution in [0.3, 0.4) is 0 Å². The third-order valence-corrected chi connectivity index (χ3v) is 10.6. The molecule has 0 radical (unpaired) electrons. The molecule has 6 nitrogen and oxygen atoms in total. The molecule has 0 amide bonds. The van der Waals surface area contributed by atoms with Crippen molar-refractivity contribution in [2.24, 2.45) is 0 Å². The Hall–Kier alpha value is -0.680. The van der Waals surface area contributed by atoms with Gasteiger partial charge in [-0.15, -0.1) is 11.3 Å². The van der Waals surface area contributed by atoms with Gasteiger partial charge in [0.1, 0.15) is 9.10 Å². The largest absolute Gasteiger partial charge is 0.252 e. The molecule has 0 aliphatic carbocycles. The second-order valence-corrected chi connectivity index (χ2v) is 12.5. The first-order valence-corrected chi connectivity index (χ1v) is 13.7. The predicted molar refractivity (Wildman–Crippen MR) is 117 cm³/mol. The summed E-state index contributed by atoms with van der Waals surface area (Å²) in [7, 11) is -7.40. The van der Waals surface area contributed by atoms with Crippen molar-refractivity contribution in [1.82, 2.24) is 9.03 Å². The van der Waals surface area contributed by atoms with Gasteiger partial charge in [0.05, 0.1) is 5.02 Å². The summed E-state index contributed by atoms with van der Waals surface area (Å²) in [5, 5.41) is 2.18. The summed E-state index contributed by atoms with van der Waals surface area (Å²) in [6.07, 6.45) is 2.80. The molecular weight excluding hydrogens is 475 g/mol. The van der Waals surface area contributed by atoms with E-state index in [1.807, 2.05) is 0 Å². The number of hydrogen-bond donors (Lipinski definition) is 1. The first-order valence-electron chi connectivity index (χ1n) is 9.13. The number of nitrogens with zero attached hydrogens (tertiary/aromatic N) is 1. The molecule has 3 rings (SSSR count). The van der Waals surface area contributed by atoms with Crippen LogP contribution in [0.1, 0.15) is 31.2 Å². The van der Waals surface area contributed by atoms with E-state index in [2.05, 4.69) is 4.72 Å². The number of nitrogens with one attached hydrogen (secondary N) is 1. The number of thiophene rings is 1. The van der Waals surface area contributed by atoms with Gasteiger partial charge in [-0.2, -0.15) is 4.31 Å². The molecule has 160 valence electrons. The van der Waals surface area contributed by atoms with E-state index in [1.165, 1.54) is 27.8 Å². The van der Waals surface area contributed by atoms with Gasteiger partial charge in [-0.05, 0) is 55.3 Å². The third kappa shape index (κ3) is 5.15. The molecule has 1 aliphatic rings. The Balaban J connectivity index is 1.71. The highest BCUT2D eigenvalue weighted by Gasteiger charge is 2.34. The zero-order chi connectivity index (χ0) is 21.2. The molecule has 0 spiro atoms. The summed E-state index contributed by atoms with van der Waals surface area (Å²) in [5.41, 5.74) is 0.608. The summed E-state index contributed by atoms with van der Waals surface area (Å²) in [6, 6.07) is 5.90. The number of rotatable bonds is 7. The molecule has 1 fully saturated rings. The number of aryl methyl sites for hydroxylation is 1. The Kier molecular flexibility index (Phi) is 7.31. The lowest BCUT2D eigenvalue weighted by molar-refractivity contribution is 0.242. The Morgan fingerprint density at radius 3 is 2.62 bits per heavy atom. The lowest BCUT2D eigenvalue weighted by Crippen LogP contribution is -2.44. The number of halogens is 2. The highest BCUT2D eigenvalue weighted by molar-refractivity contribution is 7.91. The molecule has 0 bridgehead atoms. The smallest absolute Gasteiger partial charge is 0.211 e. The SMILES string of the molecule is Cc1cc(S(=O)(=O)NCCC2CCCCN2S(=O)(=O)c2cccs2)c(Cl)cc1Cl. The van der Waals surface area contributed by atoms with Crippen molar-refractivity contribution in [1.29, 1.82) is 0 Å². The molecule has 1 unspecified atom stereocenters. The first kappa shape index (κ1) is 23.0. The molecule has 1 aliphatic heterocycles. The Labute approximate surface area is 185 Å². The minimum absolute atomic E-state index is 0.0345. The van der Waals surface area contributed by atoms with Gasteiger partial charge >= 0.3 is 0 Å². The van der Waals surface area contributed by atoms with Gasteiger partial charge in [-0.25, -0.2) is 21.6 Å². The molecule has 0 saturated carbocycles. The molecule has 2 heterocycles. The standard InChI is InChI=1S/C18H22Cl2N2O4S3/c1-13-11-17(16(20)12-15(13)19)28(23,24)21-8-7-14-5-2-3-9-22(14)29(25,26)18-6-4-10-27-18/h4,6,10-12,14,21H,2-3,5,7-9H2,1H3. The van der Waals surface area contributed by atoms with E-state index in [0.717, 1.165) is 12.8 Å². The van der Waals surface area contributed by atoms with Crippen molar-refractivity contribution in [3.63, 3.8) is 0 Å². The van der Waals surface area contributed by atoms with Gasteiger partial charge < -0.3 is 0 Å². The predicted octanol–water partition coefficient (Wildman–Crippen LogP) is 4.28. The number of piperidine rings is 1. The summed E-state index contributed by atoms with van der Waals surface area (Å²) in [6.45, 7) is 2.26. The van der Waals surface area contributed by atoms with Crippen LogP contribution in [0.4, 0.5) is 0 Å². The minimum atomic E-state index is -3.83. The monoisotopic (exact) mass is 496 g/mol. The lowest BCUT2D eigenvalue weighted by atomic mass is 10.0. The van der Waals surface area contributed by atoms with Crippen LogP contribution >= 0.6 is 34.5 Å². The van der Waals surface area contributed by atoms with E-state index in [4.69, 9.17) is 23.2 Å². The second-order valence-electron chi connectivity index (χ2n) is 6.92. The van der Waals surface area contributed by atoms with Crippen LogP contribution in [0.2, 0.25) is 10.0 Å². The van der Waals surface area contributed by atoms with Crippen LogP contribution in [0, 0.1) is 6.92 Å². The Morgan fingerprint density at radius 1 is 1.17 bits per heavy atom. The topological polar surface area (TPSA) is 83.6 Å². The van der Waals surface area contributed by atoms with Crippen molar-refractivity contribution in [3.8, 4) is 0 Å². The van der Waals surface area contributed by atoms with E-state index in [1.54, 1.807) is 24.4 Å². The second kappa shape index (κ2) is 9.21. The quantitative estimate of drug-likeness (QED) is 0.619. The summed E-state index contributed by atoms with van der Waals surface area (Å²) >= 11 is 13.2. The van der Waals surface area contributed by atoms with Crippen molar-refractivity contribution in [3.05, 3.63) is 45.3 Å². The van der Waals surface area contributed by atoms with E-state index < -0.39 is 20.0 Å². The van der Waals surface area contributed by atoms with Crippen LogP contribution in [0.5, 0.6) is 0 Å². The normalized spacial score (nSPS) is 18.8. The minimum Gasteiger partial charge on any atom is -0.211 e. The van der Waals surface area contributed by atoms with E-state index in [-0.39, 0.29) is 22.5 Å². The fourth-order valence-electron chi connectivity index (χ4n) is 3.38. The number of hydrogen-bond acceptors (Lipinski definition) is 5. The average Bonchev–Trinajstić information content (AvgIpc) is 3.20. The maximum Gasteiger partial charge on any atom is 0.252 e. The molecule has 1 aromatic heterocycles. The molecule has 1 aromatic carbocycles. The highest BCUT2D eigenvalue weighted by Crippen LogP contribution is 2.30. The fraction of sp³-hybridized carbons (Fsp3) is 0.444. The van der Waals surface area contributed by atoms with Gasteiger partial charge in [0.15, 0.2) is 0 Å². The lowest BCUT2D eigenvalue weighted by Gasteiger charge is -2.34. The zero-order valence-electron chi connectivity index (χ0n) is 15.8. The van der Waals surface area contributed by atoms with E-state index in [9.17, 15) is 16.8 Å². The van der Waals surface area contributed by atoms with Crippen molar-refractivity contribution in [2.45, 2.75) is 47.8 Å². The number of sulfonamides is 2. The molecule has 1 atom stereocenters. The third-order valence-electron chi connectivity index (χ3n) is 4.90. The van der Waals surface area contributed by atoms with Gasteiger partial charge in [-0.3, -0.25) is 0 Å². The average molecular weight is 497 g/mol. The fourth-order valence-corrected chi connectivity index (χ4v) is 8.10. The van der Waals surface area contributed by atoms with Gasteiger partial charge in [0.25, 0.3) is 10.0 Å². The van der Waals surface area contributed by atoms with Crippen LogP contribution in [-0.4, -0.2) is 40.3 Å². The molecular formula is C18H22Cl2N2O4S3. The summed E-state index contributed by atoms with van der Waals surface area (Å²) in [5.74, 6) is 0. The van der Waals surface area contributed by atoms with E-state index in [0.29, 0.717) is 34.2 Å². The summed E-state index contributed by atoms with van der Waals surface area (Å²) in [4.78, 5) is -0.0345. The zero-order valence-corrected chi connectivity index (χ0v) is 19.7. The van der Waals surface area contributed by atoms with Gasteiger partial charge in [-0.1, -0.05) is 35.7 Å². The Bertz CT molecular complexity index is 1070. The highest BCUT2D eigenvalue weighted by atomic mass is 35.5. The molecule has 1 saturated heterocycles. The van der Waals surface area contributed by atoms with Crippen LogP contribution in [-0.2, 0) is 20.0 Å². The van der Waals surface area contributed by atoms with Gasteiger partial charge in [0.2, 0.25) is 10.0 Å². The van der Waals surface area contributed by atoms with Crippen molar-refractivity contribution < 1.29 is 16.8 Å². The van der Waals surface area contributed by atoms with Crippen LogP contribution in [0.15, 0.2) is 38.8 Å². The first-order chi connectivity index (χ1) is 13.6. The maximum absolute atomic E-state index is 12.9. The van der Waals surface area contributed by atoms with Crippen LogP contribution < -0.4 is 4.72 Å². The maximum atomic E-state index is 12.9. The molecule has 11 heteroatoms. The summed E-state index contributed by atoms with van der Waals surface area (Å²) < 4.78 is 55.5. The number of benzene rings is 1. The molecule has 2 aromatic rings.